The first-order valence-electron chi connectivity index (χ1n) is 5.00. The average Bonchev–Trinajstić information content (AvgIpc) is 2.32. The highest BCUT2D eigenvalue weighted by Crippen LogP contribution is 2.31. The normalized spacial score (nSPS) is 10.6. The molecular formula is C11H9BrClN3OS. The molecule has 0 aliphatic rings. The Bertz CT molecular complexity index is 556. The van der Waals surface area contributed by atoms with Gasteiger partial charge < -0.3 is 4.74 Å². The molecule has 0 aliphatic heterocycles. The molecule has 0 saturated heterocycles. The molecule has 2 aromatic rings. The maximum absolute atomic E-state index is 5.94. The van der Waals surface area contributed by atoms with E-state index in [1.165, 1.54) is 11.8 Å². The zero-order valence-electron chi connectivity index (χ0n) is 9.43. The number of halogens is 2. The highest BCUT2D eigenvalue weighted by Gasteiger charge is 2.08. The van der Waals surface area contributed by atoms with Crippen molar-refractivity contribution in [3.8, 4) is 0 Å². The minimum Gasteiger partial charge on any atom is -0.377 e. The van der Waals surface area contributed by atoms with E-state index in [0.29, 0.717) is 17.6 Å². The highest BCUT2D eigenvalue weighted by atomic mass is 79.9. The minimum atomic E-state index is 0.331. The Labute approximate surface area is 122 Å². The fourth-order valence-electron chi connectivity index (χ4n) is 1.23. The monoisotopic (exact) mass is 345 g/mol. The standard InChI is InChI=1S/C11H9BrClN3OS/c1-17-6-9-15-8(13)5-10(16-9)18-11-7(12)3-2-4-14-11/h2-5H,6H2,1H3. The van der Waals surface area contributed by atoms with Crippen LogP contribution in [0.3, 0.4) is 0 Å². The van der Waals surface area contributed by atoms with Gasteiger partial charge in [0, 0.05) is 19.4 Å². The molecule has 0 unspecified atom stereocenters. The summed E-state index contributed by atoms with van der Waals surface area (Å²) in [5, 5.41) is 1.96. The third kappa shape index (κ3) is 3.65. The van der Waals surface area contributed by atoms with Crippen LogP contribution in [0.25, 0.3) is 0 Å². The van der Waals surface area contributed by atoms with E-state index in [-0.39, 0.29) is 0 Å². The van der Waals surface area contributed by atoms with Crippen molar-refractivity contribution in [3.63, 3.8) is 0 Å². The van der Waals surface area contributed by atoms with Gasteiger partial charge >= 0.3 is 0 Å². The maximum atomic E-state index is 5.94. The lowest BCUT2D eigenvalue weighted by Gasteiger charge is -2.05. The number of nitrogens with zero attached hydrogens (tertiary/aromatic N) is 3. The van der Waals surface area contributed by atoms with Crippen LogP contribution in [0, 0.1) is 0 Å². The van der Waals surface area contributed by atoms with Gasteiger partial charge in [-0.05, 0) is 39.8 Å². The first-order chi connectivity index (χ1) is 8.69. The quantitative estimate of drug-likeness (QED) is 0.792. The molecule has 0 N–H and O–H groups in total. The number of ether oxygens (including phenoxy) is 1. The Morgan fingerprint density at radius 1 is 1.44 bits per heavy atom. The number of aromatic nitrogens is 3. The second-order valence-corrected chi connectivity index (χ2v) is 5.52. The molecule has 7 heteroatoms. The molecule has 0 aromatic carbocycles. The van der Waals surface area contributed by atoms with Crippen LogP contribution in [-0.4, -0.2) is 22.1 Å². The summed E-state index contributed by atoms with van der Waals surface area (Å²) >= 11 is 10.8. The lowest BCUT2D eigenvalue weighted by atomic mass is 10.5. The fraction of sp³-hybridized carbons (Fsp3) is 0.182. The molecule has 0 bridgehead atoms. The number of pyridine rings is 1. The summed E-state index contributed by atoms with van der Waals surface area (Å²) in [7, 11) is 1.59. The van der Waals surface area contributed by atoms with Crippen molar-refractivity contribution in [3.05, 3.63) is 39.8 Å². The number of rotatable bonds is 4. The van der Waals surface area contributed by atoms with E-state index in [0.717, 1.165) is 14.5 Å². The van der Waals surface area contributed by atoms with Crippen LogP contribution in [0.4, 0.5) is 0 Å². The summed E-state index contributed by atoms with van der Waals surface area (Å²) in [6.45, 7) is 0.331. The SMILES string of the molecule is COCc1nc(Cl)cc(Sc2ncccc2Br)n1. The second-order valence-electron chi connectivity index (χ2n) is 3.27. The van der Waals surface area contributed by atoms with E-state index >= 15 is 0 Å². The van der Waals surface area contributed by atoms with Gasteiger partial charge in [-0.2, -0.15) is 0 Å². The Hall–Kier alpha value is -0.690. The van der Waals surface area contributed by atoms with Gasteiger partial charge in [0.2, 0.25) is 0 Å². The molecule has 18 heavy (non-hydrogen) atoms. The largest absolute Gasteiger partial charge is 0.377 e. The average molecular weight is 347 g/mol. The van der Waals surface area contributed by atoms with Crippen LogP contribution >= 0.6 is 39.3 Å². The molecule has 2 aromatic heterocycles. The highest BCUT2D eigenvalue weighted by molar-refractivity contribution is 9.10. The predicted molar refractivity (Wildman–Crippen MR) is 73.8 cm³/mol. The van der Waals surface area contributed by atoms with Gasteiger partial charge in [0.25, 0.3) is 0 Å². The lowest BCUT2D eigenvalue weighted by Crippen LogP contribution is -1.98. The summed E-state index contributed by atoms with van der Waals surface area (Å²) in [5.74, 6) is 0.555. The Balaban J connectivity index is 2.26. The van der Waals surface area contributed by atoms with E-state index in [1.54, 1.807) is 19.4 Å². The fourth-order valence-corrected chi connectivity index (χ4v) is 2.80. The molecule has 0 aliphatic carbocycles. The lowest BCUT2D eigenvalue weighted by molar-refractivity contribution is 0.177. The van der Waals surface area contributed by atoms with Gasteiger partial charge in [0.05, 0.1) is 4.47 Å². The molecular weight excluding hydrogens is 338 g/mol. The third-order valence-electron chi connectivity index (χ3n) is 1.92. The molecule has 0 amide bonds. The van der Waals surface area contributed by atoms with E-state index in [1.807, 2.05) is 12.1 Å². The summed E-state index contributed by atoms with van der Waals surface area (Å²) in [6, 6.07) is 5.48. The first kappa shape index (κ1) is 13.7. The van der Waals surface area contributed by atoms with Crippen molar-refractivity contribution in [2.24, 2.45) is 0 Å². The van der Waals surface area contributed by atoms with E-state index < -0.39 is 0 Å². The van der Waals surface area contributed by atoms with Gasteiger partial charge in [0.15, 0.2) is 5.82 Å². The molecule has 0 saturated carbocycles. The van der Waals surface area contributed by atoms with Crippen LogP contribution in [0.1, 0.15) is 5.82 Å². The maximum Gasteiger partial charge on any atom is 0.156 e. The summed E-state index contributed by atoms with van der Waals surface area (Å²) in [6.07, 6.45) is 1.73. The minimum absolute atomic E-state index is 0.331. The van der Waals surface area contributed by atoms with Gasteiger partial charge in [-0.25, -0.2) is 15.0 Å². The van der Waals surface area contributed by atoms with Gasteiger partial charge in [-0.15, -0.1) is 0 Å². The molecule has 2 heterocycles. The third-order valence-corrected chi connectivity index (χ3v) is 3.95. The van der Waals surface area contributed by atoms with Crippen molar-refractivity contribution in [1.29, 1.82) is 0 Å². The smallest absolute Gasteiger partial charge is 0.156 e. The van der Waals surface area contributed by atoms with Crippen LogP contribution in [0.15, 0.2) is 38.9 Å². The summed E-state index contributed by atoms with van der Waals surface area (Å²) < 4.78 is 5.91. The summed E-state index contributed by atoms with van der Waals surface area (Å²) in [4.78, 5) is 12.7. The summed E-state index contributed by atoms with van der Waals surface area (Å²) in [5.41, 5.74) is 0. The number of hydrogen-bond acceptors (Lipinski definition) is 5. The molecule has 4 nitrogen and oxygen atoms in total. The van der Waals surface area contributed by atoms with Crippen LogP contribution in [0.5, 0.6) is 0 Å². The van der Waals surface area contributed by atoms with Crippen molar-refractivity contribution in [2.75, 3.05) is 7.11 Å². The molecule has 2 rings (SSSR count). The second kappa shape index (κ2) is 6.47. The number of hydrogen-bond donors (Lipinski definition) is 0. The van der Waals surface area contributed by atoms with Gasteiger partial charge in [0.1, 0.15) is 21.8 Å². The van der Waals surface area contributed by atoms with Crippen LogP contribution in [0.2, 0.25) is 5.15 Å². The van der Waals surface area contributed by atoms with Gasteiger partial charge in [-0.1, -0.05) is 11.6 Å². The van der Waals surface area contributed by atoms with E-state index in [2.05, 4.69) is 30.9 Å². The Kier molecular flexibility index (Phi) is 4.94. The predicted octanol–water partition coefficient (Wildman–Crippen LogP) is 3.59. The van der Waals surface area contributed by atoms with E-state index in [4.69, 9.17) is 16.3 Å². The molecule has 0 atom stereocenters. The van der Waals surface area contributed by atoms with Gasteiger partial charge in [-0.3, -0.25) is 0 Å². The van der Waals surface area contributed by atoms with Crippen molar-refractivity contribution in [2.45, 2.75) is 16.7 Å². The topological polar surface area (TPSA) is 47.9 Å². The number of methoxy groups -OCH3 is 1. The van der Waals surface area contributed by atoms with E-state index in [9.17, 15) is 0 Å². The Morgan fingerprint density at radius 2 is 2.28 bits per heavy atom. The van der Waals surface area contributed by atoms with Crippen molar-refractivity contribution in [1.82, 2.24) is 15.0 Å². The molecule has 94 valence electrons. The Morgan fingerprint density at radius 3 is 3.00 bits per heavy atom. The zero-order chi connectivity index (χ0) is 13.0. The molecule has 0 radical (unpaired) electrons. The van der Waals surface area contributed by atoms with Crippen molar-refractivity contribution >= 4 is 39.3 Å². The zero-order valence-corrected chi connectivity index (χ0v) is 12.6. The first-order valence-corrected chi connectivity index (χ1v) is 6.98. The van der Waals surface area contributed by atoms with Crippen LogP contribution < -0.4 is 0 Å². The molecule has 0 fully saturated rings. The van der Waals surface area contributed by atoms with Crippen LogP contribution in [-0.2, 0) is 11.3 Å². The van der Waals surface area contributed by atoms with Crippen molar-refractivity contribution < 1.29 is 4.74 Å². The molecule has 0 spiro atoms.